The van der Waals surface area contributed by atoms with Gasteiger partial charge in [0.1, 0.15) is 0 Å². The van der Waals surface area contributed by atoms with Gasteiger partial charge in [-0.2, -0.15) is 0 Å². The van der Waals surface area contributed by atoms with E-state index in [-0.39, 0.29) is 6.04 Å². The molecule has 0 radical (unpaired) electrons. The molecule has 1 aromatic rings. The molecule has 0 heterocycles. The third-order valence-electron chi connectivity index (χ3n) is 1.39. The molecule has 0 aliphatic rings. The molecule has 0 fully saturated rings. The third kappa shape index (κ3) is 3.77. The average Bonchev–Trinajstić information content (AvgIpc) is 2.06. The number of rotatable bonds is 3. The van der Waals surface area contributed by atoms with Crippen molar-refractivity contribution >= 4 is 35.0 Å². The molecular formula is C9H11Cl2NS. The van der Waals surface area contributed by atoms with Gasteiger partial charge in [-0.25, -0.2) is 0 Å². The van der Waals surface area contributed by atoms with Crippen LogP contribution in [0.1, 0.15) is 6.92 Å². The van der Waals surface area contributed by atoms with E-state index in [2.05, 4.69) is 0 Å². The Morgan fingerprint density at radius 3 is 2.77 bits per heavy atom. The summed E-state index contributed by atoms with van der Waals surface area (Å²) in [6.45, 7) is 1.96. The minimum absolute atomic E-state index is 0.167. The lowest BCUT2D eigenvalue weighted by molar-refractivity contribution is 0.847. The summed E-state index contributed by atoms with van der Waals surface area (Å²) in [6, 6.07) is 5.60. The van der Waals surface area contributed by atoms with E-state index < -0.39 is 0 Å². The predicted octanol–water partition coefficient (Wildman–Crippen LogP) is 3.43. The maximum atomic E-state index is 5.96. The molecule has 1 nitrogen and oxygen atoms in total. The smallest absolute Gasteiger partial charge is 0.0542 e. The molecule has 1 rings (SSSR count). The first-order chi connectivity index (χ1) is 6.09. The zero-order chi connectivity index (χ0) is 9.84. The monoisotopic (exact) mass is 235 g/mol. The number of thioether (sulfide) groups is 1. The summed E-state index contributed by atoms with van der Waals surface area (Å²) in [5.41, 5.74) is 5.63. The van der Waals surface area contributed by atoms with Gasteiger partial charge in [-0.05, 0) is 25.1 Å². The third-order valence-corrected chi connectivity index (χ3v) is 3.41. The average molecular weight is 236 g/mol. The Hall–Kier alpha value is 0.110. The van der Waals surface area contributed by atoms with Crippen LogP contribution in [0.4, 0.5) is 0 Å². The van der Waals surface area contributed by atoms with Crippen LogP contribution >= 0.6 is 35.0 Å². The van der Waals surface area contributed by atoms with E-state index in [0.717, 1.165) is 15.7 Å². The standard InChI is InChI=1S/C9H11Cl2NS/c1-6(12)5-13-9-4-7(10)2-3-8(9)11/h2-4,6H,5,12H2,1H3/t6-/m1/s1. The minimum atomic E-state index is 0.167. The lowest BCUT2D eigenvalue weighted by Gasteiger charge is -2.06. The van der Waals surface area contributed by atoms with Crippen LogP contribution < -0.4 is 5.73 Å². The lowest BCUT2D eigenvalue weighted by Crippen LogP contribution is -2.17. The summed E-state index contributed by atoms with van der Waals surface area (Å²) in [7, 11) is 0. The van der Waals surface area contributed by atoms with Crippen molar-refractivity contribution in [1.82, 2.24) is 0 Å². The second-order valence-corrected chi connectivity index (χ2v) is 4.77. The Morgan fingerprint density at radius 2 is 2.15 bits per heavy atom. The summed E-state index contributed by atoms with van der Waals surface area (Å²) < 4.78 is 0. The van der Waals surface area contributed by atoms with Crippen LogP contribution in [0.15, 0.2) is 23.1 Å². The van der Waals surface area contributed by atoms with Crippen molar-refractivity contribution in [2.75, 3.05) is 5.75 Å². The highest BCUT2D eigenvalue weighted by Gasteiger charge is 2.03. The van der Waals surface area contributed by atoms with Gasteiger partial charge in [-0.3, -0.25) is 0 Å². The van der Waals surface area contributed by atoms with Gasteiger partial charge in [0.25, 0.3) is 0 Å². The van der Waals surface area contributed by atoms with Crippen molar-refractivity contribution in [3.63, 3.8) is 0 Å². The fourth-order valence-corrected chi connectivity index (χ4v) is 2.19. The van der Waals surface area contributed by atoms with E-state index in [1.165, 1.54) is 0 Å². The quantitative estimate of drug-likeness (QED) is 0.813. The molecule has 0 amide bonds. The highest BCUT2D eigenvalue weighted by Crippen LogP contribution is 2.29. The molecule has 13 heavy (non-hydrogen) atoms. The number of halogens is 2. The number of hydrogen-bond donors (Lipinski definition) is 1. The second-order valence-electron chi connectivity index (χ2n) is 2.86. The Balaban J connectivity index is 2.70. The van der Waals surface area contributed by atoms with Crippen molar-refractivity contribution in [3.8, 4) is 0 Å². The first-order valence-electron chi connectivity index (χ1n) is 3.93. The van der Waals surface area contributed by atoms with Gasteiger partial charge in [-0.1, -0.05) is 23.2 Å². The zero-order valence-corrected chi connectivity index (χ0v) is 9.59. The van der Waals surface area contributed by atoms with Crippen LogP contribution in [0.3, 0.4) is 0 Å². The fourth-order valence-electron chi connectivity index (χ4n) is 0.809. The molecule has 0 saturated heterocycles. The van der Waals surface area contributed by atoms with Crippen LogP contribution in [0.2, 0.25) is 10.0 Å². The molecule has 1 aromatic carbocycles. The van der Waals surface area contributed by atoms with Crippen molar-refractivity contribution < 1.29 is 0 Å². The van der Waals surface area contributed by atoms with E-state index in [1.807, 2.05) is 13.0 Å². The first-order valence-corrected chi connectivity index (χ1v) is 5.67. The Labute approximate surface area is 92.6 Å². The maximum absolute atomic E-state index is 5.96. The van der Waals surface area contributed by atoms with Gasteiger partial charge >= 0.3 is 0 Å². The molecule has 72 valence electrons. The Bertz CT molecular complexity index is 289. The predicted molar refractivity (Wildman–Crippen MR) is 60.8 cm³/mol. The molecule has 0 aromatic heterocycles. The van der Waals surface area contributed by atoms with Crippen LogP contribution in [0.25, 0.3) is 0 Å². The van der Waals surface area contributed by atoms with E-state index in [4.69, 9.17) is 28.9 Å². The first kappa shape index (κ1) is 11.2. The Kier molecular flexibility index (Phi) is 4.39. The minimum Gasteiger partial charge on any atom is -0.327 e. The molecule has 4 heteroatoms. The van der Waals surface area contributed by atoms with Gasteiger partial charge in [0.2, 0.25) is 0 Å². The summed E-state index contributed by atoms with van der Waals surface area (Å²) in [4.78, 5) is 0.992. The molecule has 0 unspecified atom stereocenters. The van der Waals surface area contributed by atoms with E-state index >= 15 is 0 Å². The number of nitrogens with two attached hydrogens (primary N) is 1. The topological polar surface area (TPSA) is 26.0 Å². The fraction of sp³-hybridized carbons (Fsp3) is 0.333. The summed E-state index contributed by atoms with van der Waals surface area (Å²) in [5, 5.41) is 1.44. The Morgan fingerprint density at radius 1 is 1.46 bits per heavy atom. The van der Waals surface area contributed by atoms with E-state index in [0.29, 0.717) is 5.02 Å². The number of benzene rings is 1. The highest BCUT2D eigenvalue weighted by molar-refractivity contribution is 7.99. The summed E-state index contributed by atoms with van der Waals surface area (Å²) >= 11 is 13.4. The molecule has 0 spiro atoms. The SMILES string of the molecule is C[C@@H](N)CSc1cc(Cl)ccc1Cl. The normalized spacial score (nSPS) is 12.9. The molecule has 2 N–H and O–H groups in total. The van der Waals surface area contributed by atoms with Crippen LogP contribution in [0, 0.1) is 0 Å². The van der Waals surface area contributed by atoms with Crippen molar-refractivity contribution in [2.24, 2.45) is 5.73 Å². The zero-order valence-electron chi connectivity index (χ0n) is 7.26. The largest absolute Gasteiger partial charge is 0.327 e. The van der Waals surface area contributed by atoms with Gasteiger partial charge in [-0.15, -0.1) is 11.8 Å². The number of hydrogen-bond acceptors (Lipinski definition) is 2. The lowest BCUT2D eigenvalue weighted by atomic mass is 10.4. The second kappa shape index (κ2) is 5.11. The molecule has 1 atom stereocenters. The van der Waals surface area contributed by atoms with E-state index in [9.17, 15) is 0 Å². The van der Waals surface area contributed by atoms with Gasteiger partial charge in [0.15, 0.2) is 0 Å². The summed E-state index contributed by atoms with van der Waals surface area (Å²) in [6.07, 6.45) is 0. The molecular weight excluding hydrogens is 225 g/mol. The maximum Gasteiger partial charge on any atom is 0.0542 e. The van der Waals surface area contributed by atoms with Gasteiger partial charge in [0.05, 0.1) is 5.02 Å². The molecule has 0 aliphatic carbocycles. The van der Waals surface area contributed by atoms with Crippen LogP contribution in [-0.2, 0) is 0 Å². The van der Waals surface area contributed by atoms with Crippen LogP contribution in [-0.4, -0.2) is 11.8 Å². The summed E-state index contributed by atoms with van der Waals surface area (Å²) in [5.74, 6) is 0.847. The molecule has 0 aliphatic heterocycles. The van der Waals surface area contributed by atoms with Crippen molar-refractivity contribution in [2.45, 2.75) is 17.9 Å². The van der Waals surface area contributed by atoms with E-state index in [1.54, 1.807) is 23.9 Å². The van der Waals surface area contributed by atoms with Gasteiger partial charge < -0.3 is 5.73 Å². The van der Waals surface area contributed by atoms with Crippen LogP contribution in [0.5, 0.6) is 0 Å². The van der Waals surface area contributed by atoms with Gasteiger partial charge in [0, 0.05) is 21.7 Å². The van der Waals surface area contributed by atoms with Crippen molar-refractivity contribution in [1.29, 1.82) is 0 Å². The van der Waals surface area contributed by atoms with Crippen molar-refractivity contribution in [3.05, 3.63) is 28.2 Å². The molecule has 0 bridgehead atoms. The highest BCUT2D eigenvalue weighted by atomic mass is 35.5. The molecule has 0 saturated carbocycles.